The second kappa shape index (κ2) is 16.2. The monoisotopic (exact) mass is 852 g/mol. The van der Waals surface area contributed by atoms with Crippen LogP contribution in [0.4, 0.5) is 5.69 Å². The number of aromatic hydroxyl groups is 1. The van der Waals surface area contributed by atoms with E-state index < -0.39 is 12.3 Å². The number of methoxy groups -OCH3 is 1. The van der Waals surface area contributed by atoms with Gasteiger partial charge in [0.25, 0.3) is 0 Å². The molecule has 0 saturated carbocycles. The first-order valence-electron chi connectivity index (χ1n) is 23.4. The lowest BCUT2D eigenvalue weighted by Crippen LogP contribution is -2.51. The molecule has 1 aliphatic carbocycles. The molecule has 11 heteroatoms. The molecule has 11 rings (SSSR count). The zero-order chi connectivity index (χ0) is 42.9. The van der Waals surface area contributed by atoms with Crippen LogP contribution in [0.15, 0.2) is 78.9 Å². The van der Waals surface area contributed by atoms with Gasteiger partial charge in [-0.1, -0.05) is 48.5 Å². The van der Waals surface area contributed by atoms with Crippen molar-refractivity contribution in [3.8, 4) is 17.2 Å². The normalized spacial score (nSPS) is 27.7. The number of amides is 2. The number of ether oxygens (including phenoxy) is 3. The van der Waals surface area contributed by atoms with Gasteiger partial charge in [0.2, 0.25) is 11.8 Å². The number of aliphatic hydroxyl groups is 1. The Hall–Kier alpha value is -4.94. The van der Waals surface area contributed by atoms with Gasteiger partial charge in [-0.3, -0.25) is 19.8 Å². The summed E-state index contributed by atoms with van der Waals surface area (Å²) in [5.41, 5.74) is 9.20. The van der Waals surface area contributed by atoms with Crippen molar-refractivity contribution in [2.24, 2.45) is 5.92 Å². The largest absolute Gasteiger partial charge is 0.508 e. The van der Waals surface area contributed by atoms with Gasteiger partial charge in [-0.2, -0.15) is 0 Å². The highest BCUT2D eigenvalue weighted by Crippen LogP contribution is 2.55. The average Bonchev–Trinajstić information content (AvgIpc) is 3.84. The second-order valence-corrected chi connectivity index (χ2v) is 19.6. The number of fused-ring (bicyclic) bond motifs is 5. The number of hydrogen-bond donors (Lipinski definition) is 3. The van der Waals surface area contributed by atoms with E-state index in [4.69, 9.17) is 14.2 Å². The highest BCUT2D eigenvalue weighted by Gasteiger charge is 2.50. The molecule has 5 atom stereocenters. The number of phenols is 1. The van der Waals surface area contributed by atoms with Crippen molar-refractivity contribution in [3.05, 3.63) is 118 Å². The quantitative estimate of drug-likeness (QED) is 0.167. The van der Waals surface area contributed by atoms with Crippen LogP contribution < -0.4 is 19.7 Å². The first-order chi connectivity index (χ1) is 30.7. The van der Waals surface area contributed by atoms with Gasteiger partial charge in [0.15, 0.2) is 0 Å². The third kappa shape index (κ3) is 7.29. The van der Waals surface area contributed by atoms with E-state index in [1.54, 1.807) is 12.0 Å². The van der Waals surface area contributed by atoms with Crippen LogP contribution >= 0.6 is 0 Å². The molecule has 330 valence electrons. The molecule has 11 nitrogen and oxygen atoms in total. The van der Waals surface area contributed by atoms with E-state index in [-0.39, 0.29) is 35.2 Å². The number of nitrogens with zero attached hydrogens (tertiary/aromatic N) is 3. The number of piperidine rings is 3. The lowest BCUT2D eigenvalue weighted by Gasteiger charge is -2.47. The van der Waals surface area contributed by atoms with Crippen LogP contribution in [0.3, 0.4) is 0 Å². The number of aliphatic hydroxyl groups excluding tert-OH is 1. The Morgan fingerprint density at radius 1 is 0.857 bits per heavy atom. The van der Waals surface area contributed by atoms with Crippen LogP contribution in [-0.4, -0.2) is 96.5 Å². The standard InChI is InChI=1S/C52H60N4O7/c1-61-44-28-42-48(41-30-56(50(60)47(41)44)43-15-16-45(58)53-49(43)59)62-32-51(42)19-23-54(24-20-51)29-33-17-18-52(63-31-33)21-25-55(26-22-52)37-10-7-35(8-11-37)46-39(34-5-3-2-4-6-34)13-9-36-27-38(57)12-14-40(36)46/h2-8,10-12,14,27-28,33,39,43,46,50,57,60H,9,13,15-26,29-32H2,1H3,(H,53,58,59)/t33?,39-,43+,46+,50?/m1/s1. The fourth-order valence-corrected chi connectivity index (χ4v) is 12.6. The summed E-state index contributed by atoms with van der Waals surface area (Å²) in [4.78, 5) is 31.6. The molecule has 0 bridgehead atoms. The first kappa shape index (κ1) is 40.8. The topological polar surface area (TPSA) is 124 Å². The van der Waals surface area contributed by atoms with E-state index >= 15 is 0 Å². The second-order valence-electron chi connectivity index (χ2n) is 19.6. The van der Waals surface area contributed by atoms with Crippen molar-refractivity contribution < 1.29 is 34.0 Å². The lowest BCUT2D eigenvalue weighted by molar-refractivity contribution is -0.141. The predicted molar refractivity (Wildman–Crippen MR) is 239 cm³/mol. The van der Waals surface area contributed by atoms with E-state index in [2.05, 4.69) is 81.8 Å². The van der Waals surface area contributed by atoms with Crippen molar-refractivity contribution in [1.82, 2.24) is 15.1 Å². The highest BCUT2D eigenvalue weighted by molar-refractivity contribution is 6.00. The Labute approximate surface area is 370 Å². The summed E-state index contributed by atoms with van der Waals surface area (Å²) >= 11 is 0. The average molecular weight is 853 g/mol. The van der Waals surface area contributed by atoms with E-state index in [0.717, 1.165) is 101 Å². The zero-order valence-electron chi connectivity index (χ0n) is 36.4. The number of benzene rings is 4. The molecule has 6 heterocycles. The maximum Gasteiger partial charge on any atom is 0.244 e. The Morgan fingerprint density at radius 3 is 2.38 bits per heavy atom. The molecule has 3 N–H and O–H groups in total. The zero-order valence-corrected chi connectivity index (χ0v) is 36.4. The smallest absolute Gasteiger partial charge is 0.244 e. The molecule has 4 aromatic carbocycles. The summed E-state index contributed by atoms with van der Waals surface area (Å²) in [5.74, 6) is 2.37. The molecule has 6 aliphatic heterocycles. The van der Waals surface area contributed by atoms with Crippen molar-refractivity contribution in [2.45, 2.75) is 106 Å². The number of rotatable bonds is 7. The van der Waals surface area contributed by atoms with Crippen LogP contribution in [0, 0.1) is 5.92 Å². The molecule has 7 aliphatic rings. The molecule has 2 unspecified atom stereocenters. The molecule has 63 heavy (non-hydrogen) atoms. The molecule has 2 spiro atoms. The van der Waals surface area contributed by atoms with Crippen molar-refractivity contribution in [2.75, 3.05) is 57.9 Å². The van der Waals surface area contributed by atoms with Gasteiger partial charge in [-0.15, -0.1) is 0 Å². The van der Waals surface area contributed by atoms with Gasteiger partial charge in [-0.05, 0) is 135 Å². The summed E-state index contributed by atoms with van der Waals surface area (Å²) in [6.07, 6.45) is 8.06. The summed E-state index contributed by atoms with van der Waals surface area (Å²) in [6, 6.07) is 27.7. The number of aryl methyl sites for hydroxylation is 1. The van der Waals surface area contributed by atoms with Crippen LogP contribution in [0.1, 0.15) is 115 Å². The Balaban J connectivity index is 0.689. The van der Waals surface area contributed by atoms with Gasteiger partial charge in [0, 0.05) is 66.3 Å². The summed E-state index contributed by atoms with van der Waals surface area (Å²) in [5, 5.41) is 24.2. The SMILES string of the molecule is COc1cc2c(c3c1C(O)N([C@H]1CCC(=O)NC1=O)C3)OCC21CCN(CC2CCC3(CCN(c4ccc([C@@H]5c6ccc(O)cc6CC[C@@H]5c5ccccc5)cc4)CC3)OC2)CC1. The molecule has 4 aromatic rings. The number of anilines is 1. The Kier molecular flexibility index (Phi) is 10.5. The van der Waals surface area contributed by atoms with Crippen molar-refractivity contribution >= 4 is 17.5 Å². The fraction of sp³-hybridized carbons (Fsp3) is 0.500. The van der Waals surface area contributed by atoms with Crippen LogP contribution in [-0.2, 0) is 32.7 Å². The number of carbonyl (C=O) groups excluding carboxylic acids is 2. The van der Waals surface area contributed by atoms with Crippen LogP contribution in [0.25, 0.3) is 0 Å². The highest BCUT2D eigenvalue weighted by atomic mass is 16.5. The minimum absolute atomic E-state index is 0.0231. The van der Waals surface area contributed by atoms with E-state index in [0.29, 0.717) is 48.5 Å². The molecule has 2 amide bonds. The maximum absolute atomic E-state index is 12.8. The van der Waals surface area contributed by atoms with Gasteiger partial charge in [-0.25, -0.2) is 0 Å². The number of likely N-dealkylation sites (tertiary alicyclic amines) is 1. The molecule has 4 fully saturated rings. The van der Waals surface area contributed by atoms with E-state index in [1.165, 1.54) is 34.4 Å². The van der Waals surface area contributed by atoms with Gasteiger partial charge >= 0.3 is 0 Å². The number of nitrogens with one attached hydrogen (secondary N) is 1. The predicted octanol–water partition coefficient (Wildman–Crippen LogP) is 7.07. The Bertz CT molecular complexity index is 2360. The number of imide groups is 1. The number of hydrogen-bond acceptors (Lipinski definition) is 10. The van der Waals surface area contributed by atoms with Gasteiger partial charge < -0.3 is 34.2 Å². The molecule has 0 radical (unpaired) electrons. The van der Waals surface area contributed by atoms with Crippen molar-refractivity contribution in [1.29, 1.82) is 0 Å². The van der Waals surface area contributed by atoms with Gasteiger partial charge in [0.05, 0.1) is 32.0 Å². The minimum Gasteiger partial charge on any atom is -0.508 e. The maximum atomic E-state index is 12.8. The van der Waals surface area contributed by atoms with Gasteiger partial charge in [0.1, 0.15) is 23.5 Å². The lowest BCUT2D eigenvalue weighted by atomic mass is 9.69. The molecular formula is C52H60N4O7. The third-order valence-electron chi connectivity index (χ3n) is 16.3. The summed E-state index contributed by atoms with van der Waals surface area (Å²) < 4.78 is 19.3. The molecule has 0 aromatic heterocycles. The molecular weight excluding hydrogens is 793 g/mol. The van der Waals surface area contributed by atoms with Crippen molar-refractivity contribution in [3.63, 3.8) is 0 Å². The van der Waals surface area contributed by atoms with Crippen LogP contribution in [0.5, 0.6) is 17.2 Å². The fourth-order valence-electron chi connectivity index (χ4n) is 12.6. The number of phenolic OH excluding ortho intramolecular Hbond substituents is 1. The number of carbonyl (C=O) groups is 2. The molecule has 4 saturated heterocycles. The van der Waals surface area contributed by atoms with E-state index in [1.807, 2.05) is 12.1 Å². The third-order valence-corrected chi connectivity index (χ3v) is 16.3. The summed E-state index contributed by atoms with van der Waals surface area (Å²) in [7, 11) is 1.64. The first-order valence-corrected chi connectivity index (χ1v) is 23.4. The van der Waals surface area contributed by atoms with Crippen LogP contribution in [0.2, 0.25) is 0 Å². The van der Waals surface area contributed by atoms with E-state index in [9.17, 15) is 19.8 Å². The summed E-state index contributed by atoms with van der Waals surface area (Å²) in [6.45, 7) is 6.84. The Morgan fingerprint density at radius 2 is 1.65 bits per heavy atom. The minimum atomic E-state index is -1.01.